The molecule has 0 bridgehead atoms. The lowest BCUT2D eigenvalue weighted by atomic mass is 10.0. The maximum Gasteiger partial charge on any atom is 0.268 e. The number of hydrogen-bond acceptors (Lipinski definition) is 4. The molecule has 2 heterocycles. The topological polar surface area (TPSA) is 68.5 Å². The van der Waals surface area contributed by atoms with E-state index in [0.29, 0.717) is 22.5 Å². The summed E-state index contributed by atoms with van der Waals surface area (Å²) in [5.41, 5.74) is 2.25. The maximum atomic E-state index is 13.7. The molecular formula is C20H16F2N4O2. The molecule has 1 N–H and O–H groups in total. The van der Waals surface area contributed by atoms with E-state index in [2.05, 4.69) is 15.6 Å². The van der Waals surface area contributed by atoms with Gasteiger partial charge in [0.15, 0.2) is 0 Å². The third-order valence-electron chi connectivity index (χ3n) is 4.33. The van der Waals surface area contributed by atoms with Crippen LogP contribution >= 0.6 is 0 Å². The van der Waals surface area contributed by atoms with Gasteiger partial charge in [-0.1, -0.05) is 35.5 Å². The molecule has 3 aromatic rings. The van der Waals surface area contributed by atoms with Crippen molar-refractivity contribution in [1.29, 1.82) is 0 Å². The van der Waals surface area contributed by atoms with Crippen molar-refractivity contribution in [3.63, 3.8) is 0 Å². The van der Waals surface area contributed by atoms with Crippen molar-refractivity contribution in [3.05, 3.63) is 83.7 Å². The van der Waals surface area contributed by atoms with Crippen LogP contribution in [0.4, 0.5) is 14.5 Å². The van der Waals surface area contributed by atoms with E-state index in [9.17, 15) is 13.6 Å². The van der Waals surface area contributed by atoms with Gasteiger partial charge >= 0.3 is 0 Å². The van der Waals surface area contributed by atoms with Gasteiger partial charge in [-0.3, -0.25) is 9.48 Å². The number of hydrogen-bond donors (Lipinski definition) is 1. The highest BCUT2D eigenvalue weighted by molar-refractivity contribution is 6.06. The lowest BCUT2D eigenvalue weighted by Gasteiger charge is -2.07. The van der Waals surface area contributed by atoms with E-state index < -0.39 is 6.10 Å². The van der Waals surface area contributed by atoms with Gasteiger partial charge < -0.3 is 10.2 Å². The van der Waals surface area contributed by atoms with Crippen LogP contribution in [0.25, 0.3) is 0 Å². The molecular weight excluding hydrogens is 366 g/mol. The molecule has 0 aliphatic carbocycles. The first-order valence-corrected chi connectivity index (χ1v) is 8.64. The van der Waals surface area contributed by atoms with Gasteiger partial charge in [-0.25, -0.2) is 8.78 Å². The number of amides is 1. The third kappa shape index (κ3) is 3.90. The molecule has 1 aliphatic rings. The first-order valence-electron chi connectivity index (χ1n) is 8.64. The average molecular weight is 382 g/mol. The van der Waals surface area contributed by atoms with E-state index in [0.717, 1.165) is 0 Å². The summed E-state index contributed by atoms with van der Waals surface area (Å²) in [6.07, 6.45) is 2.59. The largest absolute Gasteiger partial charge is 0.382 e. The number of anilines is 1. The fourth-order valence-electron chi connectivity index (χ4n) is 2.87. The number of aromatic nitrogens is 2. The van der Waals surface area contributed by atoms with Gasteiger partial charge in [0.05, 0.1) is 24.1 Å². The summed E-state index contributed by atoms with van der Waals surface area (Å²) in [4.78, 5) is 17.6. The number of nitrogens with zero attached hydrogens (tertiary/aromatic N) is 3. The van der Waals surface area contributed by atoms with Crippen molar-refractivity contribution >= 4 is 17.3 Å². The van der Waals surface area contributed by atoms with Gasteiger partial charge in [-0.15, -0.1) is 0 Å². The molecule has 0 saturated carbocycles. The van der Waals surface area contributed by atoms with Crippen LogP contribution in [0.5, 0.6) is 0 Å². The third-order valence-corrected chi connectivity index (χ3v) is 4.33. The first-order chi connectivity index (χ1) is 13.6. The van der Waals surface area contributed by atoms with Crippen LogP contribution < -0.4 is 5.32 Å². The Hall–Kier alpha value is -3.55. The summed E-state index contributed by atoms with van der Waals surface area (Å²) in [6.45, 7) is 0.250. The molecule has 142 valence electrons. The smallest absolute Gasteiger partial charge is 0.268 e. The second-order valence-electron chi connectivity index (χ2n) is 6.35. The van der Waals surface area contributed by atoms with Crippen molar-refractivity contribution in [1.82, 2.24) is 9.78 Å². The van der Waals surface area contributed by atoms with Crippen LogP contribution in [0.1, 0.15) is 17.5 Å². The molecule has 0 spiro atoms. The minimum absolute atomic E-state index is 0.250. The molecule has 28 heavy (non-hydrogen) atoms. The minimum atomic E-state index is -0.782. The summed E-state index contributed by atoms with van der Waals surface area (Å²) in [6, 6.07) is 12.3. The van der Waals surface area contributed by atoms with E-state index in [-0.39, 0.29) is 30.5 Å². The molecule has 1 atom stereocenters. The molecule has 2 aromatic carbocycles. The fourth-order valence-corrected chi connectivity index (χ4v) is 2.87. The average Bonchev–Trinajstić information content (AvgIpc) is 3.34. The molecule has 0 radical (unpaired) electrons. The lowest BCUT2D eigenvalue weighted by molar-refractivity contribution is -0.125. The van der Waals surface area contributed by atoms with Crippen molar-refractivity contribution in [2.45, 2.75) is 19.1 Å². The van der Waals surface area contributed by atoms with Crippen molar-refractivity contribution < 1.29 is 18.4 Å². The van der Waals surface area contributed by atoms with Crippen molar-refractivity contribution in [2.75, 3.05) is 5.32 Å². The molecule has 0 fully saturated rings. The predicted octanol–water partition coefficient (Wildman–Crippen LogP) is 3.34. The normalized spacial score (nSPS) is 15.8. The number of nitrogens with one attached hydrogen (secondary N) is 1. The number of carbonyl (C=O) groups excluding carboxylic acids is 1. The Morgan fingerprint density at radius 2 is 1.96 bits per heavy atom. The van der Waals surface area contributed by atoms with E-state index in [1.165, 1.54) is 29.1 Å². The fraction of sp³-hybridized carbons (Fsp3) is 0.150. The highest BCUT2D eigenvalue weighted by Crippen LogP contribution is 2.19. The van der Waals surface area contributed by atoms with Crippen LogP contribution in [-0.2, 0) is 16.2 Å². The summed E-state index contributed by atoms with van der Waals surface area (Å²) in [7, 11) is 0. The maximum absolute atomic E-state index is 13.7. The molecule has 0 saturated heterocycles. The second kappa shape index (κ2) is 7.59. The van der Waals surface area contributed by atoms with Crippen molar-refractivity contribution in [2.24, 2.45) is 5.16 Å². The molecule has 1 unspecified atom stereocenters. The van der Waals surface area contributed by atoms with Crippen LogP contribution in [0, 0.1) is 11.6 Å². The quantitative estimate of drug-likeness (QED) is 0.736. The van der Waals surface area contributed by atoms with Crippen molar-refractivity contribution in [3.8, 4) is 0 Å². The number of carbonyl (C=O) groups is 1. The first kappa shape index (κ1) is 17.8. The molecule has 1 aliphatic heterocycles. The number of oxime groups is 1. The molecule has 1 aromatic heterocycles. The Labute approximate surface area is 159 Å². The SMILES string of the molecule is O=C(Nc1cnn(Cc2ccccc2F)c1)C1CC(c2ccc(F)cc2)=NO1. The van der Waals surface area contributed by atoms with E-state index in [4.69, 9.17) is 4.84 Å². The van der Waals surface area contributed by atoms with E-state index in [1.54, 1.807) is 36.5 Å². The summed E-state index contributed by atoms with van der Waals surface area (Å²) >= 11 is 0. The second-order valence-corrected chi connectivity index (χ2v) is 6.35. The molecule has 6 nitrogen and oxygen atoms in total. The number of rotatable bonds is 5. The summed E-state index contributed by atoms with van der Waals surface area (Å²) in [5, 5.41) is 10.8. The van der Waals surface area contributed by atoms with Gasteiger partial charge in [0.1, 0.15) is 11.6 Å². The molecule has 4 rings (SSSR count). The predicted molar refractivity (Wildman–Crippen MR) is 98.8 cm³/mol. The van der Waals surface area contributed by atoms with Gasteiger partial charge in [0.25, 0.3) is 5.91 Å². The highest BCUT2D eigenvalue weighted by Gasteiger charge is 2.29. The van der Waals surface area contributed by atoms with Gasteiger partial charge in [-0.05, 0) is 23.8 Å². The summed E-state index contributed by atoms with van der Waals surface area (Å²) < 4.78 is 28.3. The van der Waals surface area contributed by atoms with Crippen LogP contribution in [-0.4, -0.2) is 27.5 Å². The van der Waals surface area contributed by atoms with Crippen LogP contribution in [0.15, 0.2) is 66.1 Å². The summed E-state index contributed by atoms with van der Waals surface area (Å²) in [5.74, 6) is -1.02. The van der Waals surface area contributed by atoms with Crippen LogP contribution in [0.2, 0.25) is 0 Å². The molecule has 8 heteroatoms. The Morgan fingerprint density at radius 1 is 1.18 bits per heavy atom. The Balaban J connectivity index is 1.35. The van der Waals surface area contributed by atoms with E-state index in [1.807, 2.05) is 0 Å². The molecule has 1 amide bonds. The van der Waals surface area contributed by atoms with Gasteiger partial charge in [-0.2, -0.15) is 5.10 Å². The highest BCUT2D eigenvalue weighted by atomic mass is 19.1. The minimum Gasteiger partial charge on any atom is -0.382 e. The standard InChI is InChI=1S/C20H16F2N4O2/c21-15-7-5-13(6-8-15)18-9-19(28-25-18)20(27)24-16-10-23-26(12-16)11-14-3-1-2-4-17(14)22/h1-8,10,12,19H,9,11H2,(H,24,27). The van der Waals surface area contributed by atoms with Crippen LogP contribution in [0.3, 0.4) is 0 Å². The van der Waals surface area contributed by atoms with E-state index >= 15 is 0 Å². The Kier molecular flexibility index (Phi) is 4.84. The number of benzene rings is 2. The Morgan fingerprint density at radius 3 is 2.75 bits per heavy atom. The number of halogens is 2. The zero-order chi connectivity index (χ0) is 19.5. The van der Waals surface area contributed by atoms with Gasteiger partial charge in [0, 0.05) is 18.2 Å². The monoisotopic (exact) mass is 382 g/mol. The Bertz CT molecular complexity index is 1030. The lowest BCUT2D eigenvalue weighted by Crippen LogP contribution is -2.27. The zero-order valence-electron chi connectivity index (χ0n) is 14.7. The van der Waals surface area contributed by atoms with Gasteiger partial charge in [0.2, 0.25) is 6.10 Å². The zero-order valence-corrected chi connectivity index (χ0v) is 14.7.